The van der Waals surface area contributed by atoms with E-state index in [9.17, 15) is 4.79 Å². The molecule has 2 aromatic heterocycles. The number of rotatable bonds is 3. The van der Waals surface area contributed by atoms with Gasteiger partial charge in [0.15, 0.2) is 0 Å². The number of amides is 1. The third-order valence-corrected chi connectivity index (χ3v) is 4.61. The lowest BCUT2D eigenvalue weighted by atomic mass is 9.93. The van der Waals surface area contributed by atoms with E-state index in [1.54, 1.807) is 17.1 Å². The predicted octanol–water partition coefficient (Wildman–Crippen LogP) is 3.58. The van der Waals surface area contributed by atoms with Gasteiger partial charge in [-0.3, -0.25) is 4.79 Å². The maximum Gasteiger partial charge on any atom is 0.255 e. The number of benzene rings is 1. The summed E-state index contributed by atoms with van der Waals surface area (Å²) >= 11 is 0. The average molecular weight is 321 g/mol. The van der Waals surface area contributed by atoms with Gasteiger partial charge < -0.3 is 9.73 Å². The summed E-state index contributed by atoms with van der Waals surface area (Å²) in [5, 5.41) is 7.50. The molecular weight excluding hydrogens is 302 g/mol. The smallest absolute Gasteiger partial charge is 0.255 e. The van der Waals surface area contributed by atoms with Gasteiger partial charge in [0.2, 0.25) is 0 Å². The zero-order valence-corrected chi connectivity index (χ0v) is 13.5. The van der Waals surface area contributed by atoms with Crippen LogP contribution < -0.4 is 5.32 Å². The monoisotopic (exact) mass is 321 g/mol. The fourth-order valence-corrected chi connectivity index (χ4v) is 3.33. The minimum Gasteiger partial charge on any atom is -0.469 e. The SMILES string of the molecule is Cc1c(C(=O)NC2CCCc3occc32)cnn1-c1ccccc1. The zero-order valence-electron chi connectivity index (χ0n) is 13.5. The number of hydrogen-bond donors (Lipinski definition) is 1. The summed E-state index contributed by atoms with van der Waals surface area (Å²) in [6.07, 6.45) is 6.24. The van der Waals surface area contributed by atoms with Crippen molar-refractivity contribution in [3.8, 4) is 5.69 Å². The van der Waals surface area contributed by atoms with E-state index in [0.29, 0.717) is 5.56 Å². The van der Waals surface area contributed by atoms with Crippen molar-refractivity contribution in [2.45, 2.75) is 32.2 Å². The van der Waals surface area contributed by atoms with Crippen LogP contribution in [0.2, 0.25) is 0 Å². The van der Waals surface area contributed by atoms with Crippen LogP contribution in [-0.2, 0) is 6.42 Å². The second kappa shape index (κ2) is 6.00. The van der Waals surface area contributed by atoms with Crippen LogP contribution in [0.25, 0.3) is 5.69 Å². The highest BCUT2D eigenvalue weighted by Crippen LogP contribution is 2.30. The van der Waals surface area contributed by atoms with Crippen molar-refractivity contribution in [1.82, 2.24) is 15.1 Å². The first-order valence-corrected chi connectivity index (χ1v) is 8.21. The molecule has 0 spiro atoms. The van der Waals surface area contributed by atoms with Crippen LogP contribution in [0.5, 0.6) is 0 Å². The Kier molecular flexibility index (Phi) is 3.69. The zero-order chi connectivity index (χ0) is 16.5. The lowest BCUT2D eigenvalue weighted by molar-refractivity contribution is 0.0931. The van der Waals surface area contributed by atoms with Gasteiger partial charge in [-0.15, -0.1) is 0 Å². The number of nitrogens with one attached hydrogen (secondary N) is 1. The Morgan fingerprint density at radius 2 is 2.12 bits per heavy atom. The van der Waals surface area contributed by atoms with E-state index in [1.165, 1.54) is 0 Å². The molecule has 1 atom stereocenters. The lowest BCUT2D eigenvalue weighted by Gasteiger charge is -2.22. The molecule has 0 saturated carbocycles. The molecule has 24 heavy (non-hydrogen) atoms. The van der Waals surface area contributed by atoms with Crippen LogP contribution in [0.15, 0.2) is 53.3 Å². The number of para-hydroxylation sites is 1. The Morgan fingerprint density at radius 3 is 2.96 bits per heavy atom. The highest BCUT2D eigenvalue weighted by atomic mass is 16.3. The molecule has 5 heteroatoms. The van der Waals surface area contributed by atoms with Crippen LogP contribution in [-0.4, -0.2) is 15.7 Å². The Hall–Kier alpha value is -2.82. The van der Waals surface area contributed by atoms with Crippen molar-refractivity contribution < 1.29 is 9.21 Å². The Labute approximate surface area is 140 Å². The number of hydrogen-bond acceptors (Lipinski definition) is 3. The summed E-state index contributed by atoms with van der Waals surface area (Å²) in [7, 11) is 0. The Bertz CT molecular complexity index is 864. The number of aryl methyl sites for hydroxylation is 1. The number of nitrogens with zero attached hydrogens (tertiary/aromatic N) is 2. The van der Waals surface area contributed by atoms with Crippen molar-refractivity contribution in [2.24, 2.45) is 0 Å². The largest absolute Gasteiger partial charge is 0.469 e. The van der Waals surface area contributed by atoms with Gasteiger partial charge in [0, 0.05) is 12.0 Å². The van der Waals surface area contributed by atoms with E-state index in [1.807, 2.05) is 43.3 Å². The van der Waals surface area contributed by atoms with Crippen LogP contribution in [0.4, 0.5) is 0 Å². The van der Waals surface area contributed by atoms with Crippen molar-refractivity contribution in [3.05, 3.63) is 71.4 Å². The second-order valence-electron chi connectivity index (χ2n) is 6.11. The molecule has 2 heterocycles. The van der Waals surface area contributed by atoms with E-state index < -0.39 is 0 Å². The van der Waals surface area contributed by atoms with Gasteiger partial charge in [-0.25, -0.2) is 4.68 Å². The second-order valence-corrected chi connectivity index (χ2v) is 6.11. The van der Waals surface area contributed by atoms with Gasteiger partial charge in [-0.2, -0.15) is 5.10 Å². The number of carbonyl (C=O) groups is 1. The molecule has 1 aliphatic carbocycles. The Balaban J connectivity index is 1.57. The highest BCUT2D eigenvalue weighted by Gasteiger charge is 2.25. The van der Waals surface area contributed by atoms with Crippen LogP contribution in [0, 0.1) is 6.92 Å². The van der Waals surface area contributed by atoms with Gasteiger partial charge in [0.25, 0.3) is 5.91 Å². The molecule has 1 amide bonds. The quantitative estimate of drug-likeness (QED) is 0.802. The van der Waals surface area contributed by atoms with Gasteiger partial charge in [-0.05, 0) is 38.0 Å². The molecule has 5 nitrogen and oxygen atoms in total. The molecule has 1 N–H and O–H groups in total. The molecule has 0 aliphatic heterocycles. The first kappa shape index (κ1) is 14.8. The minimum atomic E-state index is -0.0891. The van der Waals surface area contributed by atoms with E-state index in [4.69, 9.17) is 4.42 Å². The average Bonchev–Trinajstić information content (AvgIpc) is 3.23. The summed E-state index contributed by atoms with van der Waals surface area (Å²) in [6, 6.07) is 11.8. The van der Waals surface area contributed by atoms with Crippen molar-refractivity contribution in [1.29, 1.82) is 0 Å². The molecule has 3 aromatic rings. The number of aromatic nitrogens is 2. The molecule has 1 aromatic carbocycles. The van der Waals surface area contributed by atoms with Crippen LogP contribution in [0.1, 0.15) is 46.3 Å². The fourth-order valence-electron chi connectivity index (χ4n) is 3.33. The van der Waals surface area contributed by atoms with Crippen molar-refractivity contribution in [3.63, 3.8) is 0 Å². The standard InChI is InChI=1S/C19H19N3O2/c1-13-16(12-20-22(13)14-6-3-2-4-7-14)19(23)21-17-8-5-9-18-15(17)10-11-24-18/h2-4,6-7,10-12,17H,5,8-9H2,1H3,(H,21,23). The Morgan fingerprint density at radius 1 is 1.29 bits per heavy atom. The molecule has 0 radical (unpaired) electrons. The third kappa shape index (κ3) is 2.52. The maximum atomic E-state index is 12.7. The first-order chi connectivity index (χ1) is 11.7. The van der Waals surface area contributed by atoms with Crippen molar-refractivity contribution in [2.75, 3.05) is 0 Å². The first-order valence-electron chi connectivity index (χ1n) is 8.21. The number of furan rings is 1. The molecular formula is C19H19N3O2. The predicted molar refractivity (Wildman–Crippen MR) is 90.2 cm³/mol. The normalized spacial score (nSPS) is 16.6. The van der Waals surface area contributed by atoms with Gasteiger partial charge in [0.05, 0.1) is 35.4 Å². The fraction of sp³-hybridized carbons (Fsp3) is 0.263. The summed E-state index contributed by atoms with van der Waals surface area (Å²) < 4.78 is 7.28. The van der Waals surface area contributed by atoms with E-state index >= 15 is 0 Å². The minimum absolute atomic E-state index is 0.0134. The van der Waals surface area contributed by atoms with Crippen LogP contribution >= 0.6 is 0 Å². The summed E-state index contributed by atoms with van der Waals surface area (Å²) in [6.45, 7) is 1.92. The molecule has 122 valence electrons. The molecule has 1 aliphatic rings. The van der Waals surface area contributed by atoms with Crippen LogP contribution in [0.3, 0.4) is 0 Å². The summed E-state index contributed by atoms with van der Waals surface area (Å²) in [5.74, 6) is 0.900. The topological polar surface area (TPSA) is 60.1 Å². The van der Waals surface area contributed by atoms with Gasteiger partial charge in [-0.1, -0.05) is 18.2 Å². The maximum absolute atomic E-state index is 12.7. The summed E-state index contributed by atoms with van der Waals surface area (Å²) in [5.41, 5.74) is 3.49. The van der Waals surface area contributed by atoms with Crippen molar-refractivity contribution >= 4 is 5.91 Å². The molecule has 4 rings (SSSR count). The van der Waals surface area contributed by atoms with Gasteiger partial charge in [0.1, 0.15) is 5.76 Å². The molecule has 1 unspecified atom stereocenters. The number of fused-ring (bicyclic) bond motifs is 1. The molecule has 0 bridgehead atoms. The molecule has 0 fully saturated rings. The van der Waals surface area contributed by atoms with E-state index in [-0.39, 0.29) is 11.9 Å². The van der Waals surface area contributed by atoms with E-state index in [2.05, 4.69) is 10.4 Å². The number of carbonyl (C=O) groups excluding carboxylic acids is 1. The summed E-state index contributed by atoms with van der Waals surface area (Å²) in [4.78, 5) is 12.7. The lowest BCUT2D eigenvalue weighted by Crippen LogP contribution is -2.30. The highest BCUT2D eigenvalue weighted by molar-refractivity contribution is 5.95. The molecule has 0 saturated heterocycles. The van der Waals surface area contributed by atoms with Gasteiger partial charge >= 0.3 is 0 Å². The van der Waals surface area contributed by atoms with E-state index in [0.717, 1.165) is 42.0 Å². The third-order valence-electron chi connectivity index (χ3n) is 4.61.